The normalized spacial score (nSPS) is 30.6. The molecule has 1 saturated heterocycles. The van der Waals surface area contributed by atoms with E-state index >= 15 is 0 Å². The van der Waals surface area contributed by atoms with E-state index < -0.39 is 0 Å². The third kappa shape index (κ3) is 3.16. The van der Waals surface area contributed by atoms with Crippen molar-refractivity contribution in [2.24, 2.45) is 16.8 Å². The lowest BCUT2D eigenvalue weighted by Crippen LogP contribution is -2.43. The van der Waals surface area contributed by atoms with Gasteiger partial charge < -0.3 is 20.9 Å². The molecule has 0 aromatic rings. The van der Waals surface area contributed by atoms with Gasteiger partial charge in [0.2, 0.25) is 0 Å². The molecule has 0 radical (unpaired) electrons. The number of hydrogen-bond acceptors (Lipinski definition) is 4. The predicted molar refractivity (Wildman–Crippen MR) is 54.3 cm³/mol. The van der Waals surface area contributed by atoms with Gasteiger partial charge >= 0.3 is 0 Å². The van der Waals surface area contributed by atoms with Crippen LogP contribution < -0.4 is 5.73 Å². The van der Waals surface area contributed by atoms with Crippen LogP contribution in [0, 0.1) is 5.92 Å². The molecule has 0 saturated carbocycles. The van der Waals surface area contributed by atoms with E-state index in [4.69, 9.17) is 10.9 Å². The summed E-state index contributed by atoms with van der Waals surface area (Å²) in [7, 11) is 0. The number of nitrogens with zero attached hydrogens (tertiary/aromatic N) is 2. The summed E-state index contributed by atoms with van der Waals surface area (Å²) in [6, 6.07) is 0. The minimum absolute atomic E-state index is 0.240. The van der Waals surface area contributed by atoms with E-state index in [-0.39, 0.29) is 11.9 Å². The fraction of sp³-hybridized carbons (Fsp3) is 0.889. The number of likely N-dealkylation sites (tertiary alicyclic amines) is 1. The highest BCUT2D eigenvalue weighted by atomic mass is 16.4. The first-order valence-corrected chi connectivity index (χ1v) is 5.00. The predicted octanol–water partition coefficient (Wildman–Crippen LogP) is -0.174. The van der Waals surface area contributed by atoms with E-state index in [0.29, 0.717) is 18.9 Å². The first-order chi connectivity index (χ1) is 6.63. The van der Waals surface area contributed by atoms with Crippen LogP contribution in [0.3, 0.4) is 0 Å². The zero-order chi connectivity index (χ0) is 10.6. The van der Waals surface area contributed by atoms with Gasteiger partial charge in [0, 0.05) is 19.5 Å². The maximum absolute atomic E-state index is 9.62. The summed E-state index contributed by atoms with van der Waals surface area (Å²) in [6.45, 7) is 4.49. The standard InChI is InChI=1S/C9H19N3O2/c1-7-2-4-12(6-8(7)13)5-3-9(10)11-14/h7-8,13-14H,2-6H2,1H3,(H2,10,11). The van der Waals surface area contributed by atoms with Crippen molar-refractivity contribution < 1.29 is 10.3 Å². The van der Waals surface area contributed by atoms with Crippen LogP contribution in [-0.2, 0) is 0 Å². The molecule has 0 aliphatic carbocycles. The molecule has 4 N–H and O–H groups in total. The van der Waals surface area contributed by atoms with Crippen LogP contribution in [0.2, 0.25) is 0 Å². The molecule has 1 aliphatic heterocycles. The van der Waals surface area contributed by atoms with E-state index in [1.165, 1.54) is 0 Å². The molecule has 82 valence electrons. The van der Waals surface area contributed by atoms with Crippen molar-refractivity contribution >= 4 is 5.84 Å². The van der Waals surface area contributed by atoms with E-state index in [1.54, 1.807) is 0 Å². The Bertz CT molecular complexity index is 208. The largest absolute Gasteiger partial charge is 0.409 e. The van der Waals surface area contributed by atoms with Crippen LogP contribution in [0.1, 0.15) is 19.8 Å². The maximum Gasteiger partial charge on any atom is 0.140 e. The third-order valence-electron chi connectivity index (χ3n) is 2.82. The number of rotatable bonds is 3. The lowest BCUT2D eigenvalue weighted by molar-refractivity contribution is 0.0304. The van der Waals surface area contributed by atoms with Gasteiger partial charge in [-0.05, 0) is 18.9 Å². The van der Waals surface area contributed by atoms with Gasteiger partial charge in [0.15, 0.2) is 0 Å². The fourth-order valence-corrected chi connectivity index (χ4v) is 1.64. The molecule has 0 spiro atoms. The molecule has 2 unspecified atom stereocenters. The molecule has 0 bridgehead atoms. The topological polar surface area (TPSA) is 82.1 Å². The highest BCUT2D eigenvalue weighted by Crippen LogP contribution is 2.16. The molecule has 1 rings (SSSR count). The highest BCUT2D eigenvalue weighted by Gasteiger charge is 2.23. The number of hydrogen-bond donors (Lipinski definition) is 3. The summed E-state index contributed by atoms with van der Waals surface area (Å²) in [5.74, 6) is 0.633. The second kappa shape index (κ2) is 5.17. The number of nitrogens with two attached hydrogens (primary N) is 1. The van der Waals surface area contributed by atoms with Gasteiger partial charge in [-0.2, -0.15) is 0 Å². The zero-order valence-electron chi connectivity index (χ0n) is 8.56. The first kappa shape index (κ1) is 11.3. The van der Waals surface area contributed by atoms with Crippen molar-refractivity contribution in [2.75, 3.05) is 19.6 Å². The van der Waals surface area contributed by atoms with E-state index in [9.17, 15) is 5.11 Å². The maximum atomic E-state index is 9.62. The summed E-state index contributed by atoms with van der Waals surface area (Å²) < 4.78 is 0. The van der Waals surface area contributed by atoms with Crippen molar-refractivity contribution in [1.29, 1.82) is 0 Å². The number of aliphatic hydroxyl groups is 1. The van der Waals surface area contributed by atoms with Gasteiger partial charge in [0.25, 0.3) is 0 Å². The smallest absolute Gasteiger partial charge is 0.140 e. The van der Waals surface area contributed by atoms with Crippen molar-refractivity contribution in [3.63, 3.8) is 0 Å². The summed E-state index contributed by atoms with van der Waals surface area (Å²) >= 11 is 0. The summed E-state index contributed by atoms with van der Waals surface area (Å²) in [5.41, 5.74) is 5.36. The van der Waals surface area contributed by atoms with Crippen LogP contribution in [0.15, 0.2) is 5.16 Å². The number of piperidine rings is 1. The molecule has 1 heterocycles. The minimum Gasteiger partial charge on any atom is -0.409 e. The molecule has 0 amide bonds. The van der Waals surface area contributed by atoms with Gasteiger partial charge in [0.05, 0.1) is 6.10 Å². The van der Waals surface area contributed by atoms with Gasteiger partial charge in [0.1, 0.15) is 5.84 Å². The van der Waals surface area contributed by atoms with Gasteiger partial charge in [-0.3, -0.25) is 0 Å². The zero-order valence-corrected chi connectivity index (χ0v) is 8.56. The molecule has 14 heavy (non-hydrogen) atoms. The van der Waals surface area contributed by atoms with Crippen LogP contribution in [0.25, 0.3) is 0 Å². The lowest BCUT2D eigenvalue weighted by atomic mass is 9.96. The number of oxime groups is 1. The quantitative estimate of drug-likeness (QED) is 0.256. The molecule has 1 fully saturated rings. The summed E-state index contributed by atoms with van der Waals surface area (Å²) in [5, 5.41) is 20.9. The Balaban J connectivity index is 2.26. The molecule has 0 aromatic heterocycles. The van der Waals surface area contributed by atoms with Gasteiger partial charge in [-0.25, -0.2) is 0 Å². The monoisotopic (exact) mass is 201 g/mol. The Morgan fingerprint density at radius 2 is 2.36 bits per heavy atom. The second-order valence-electron chi connectivity index (χ2n) is 3.98. The average molecular weight is 201 g/mol. The molecular weight excluding hydrogens is 182 g/mol. The molecule has 2 atom stereocenters. The number of aliphatic hydroxyl groups excluding tert-OH is 1. The SMILES string of the molecule is CC1CCN(CC/C(N)=N/O)CC1O. The van der Waals surface area contributed by atoms with Crippen LogP contribution in [-0.4, -0.2) is 46.8 Å². The van der Waals surface area contributed by atoms with Gasteiger partial charge in [-0.1, -0.05) is 12.1 Å². The molecule has 1 aliphatic rings. The van der Waals surface area contributed by atoms with Crippen LogP contribution in [0.4, 0.5) is 0 Å². The van der Waals surface area contributed by atoms with Crippen molar-refractivity contribution in [3.05, 3.63) is 0 Å². The fourth-order valence-electron chi connectivity index (χ4n) is 1.64. The number of amidine groups is 1. The Kier molecular flexibility index (Phi) is 4.16. The van der Waals surface area contributed by atoms with E-state index in [2.05, 4.69) is 17.0 Å². The Labute approximate surface area is 84.2 Å². The van der Waals surface area contributed by atoms with Crippen LogP contribution >= 0.6 is 0 Å². The average Bonchev–Trinajstić information content (AvgIpc) is 2.19. The molecule has 0 aromatic carbocycles. The molecule has 5 heteroatoms. The number of β-amino-alcohol motifs (C(OH)–C–C–N with tert-alkyl or cyclic N) is 1. The Hall–Kier alpha value is -0.810. The second-order valence-corrected chi connectivity index (χ2v) is 3.98. The molecule has 5 nitrogen and oxygen atoms in total. The Morgan fingerprint density at radius 3 is 2.93 bits per heavy atom. The van der Waals surface area contributed by atoms with Crippen molar-refractivity contribution in [3.8, 4) is 0 Å². The minimum atomic E-state index is -0.240. The molecular formula is C9H19N3O2. The van der Waals surface area contributed by atoms with E-state index in [1.807, 2.05) is 0 Å². The Morgan fingerprint density at radius 1 is 1.64 bits per heavy atom. The summed E-state index contributed by atoms with van der Waals surface area (Å²) in [6.07, 6.45) is 1.32. The summed E-state index contributed by atoms with van der Waals surface area (Å²) in [4.78, 5) is 2.14. The highest BCUT2D eigenvalue weighted by molar-refractivity contribution is 5.79. The van der Waals surface area contributed by atoms with Crippen molar-refractivity contribution in [2.45, 2.75) is 25.9 Å². The van der Waals surface area contributed by atoms with E-state index in [0.717, 1.165) is 19.5 Å². The third-order valence-corrected chi connectivity index (χ3v) is 2.82. The first-order valence-electron chi connectivity index (χ1n) is 5.00. The van der Waals surface area contributed by atoms with Crippen LogP contribution in [0.5, 0.6) is 0 Å². The van der Waals surface area contributed by atoms with Gasteiger partial charge in [-0.15, -0.1) is 0 Å². The van der Waals surface area contributed by atoms with Crippen molar-refractivity contribution in [1.82, 2.24) is 4.90 Å². The lowest BCUT2D eigenvalue weighted by Gasteiger charge is -2.34.